The molecule has 22 heavy (non-hydrogen) atoms. The summed E-state index contributed by atoms with van der Waals surface area (Å²) in [6, 6.07) is 12.7. The highest BCUT2D eigenvalue weighted by atomic mass is 16.5. The quantitative estimate of drug-likeness (QED) is 0.945. The van der Waals surface area contributed by atoms with E-state index in [0.29, 0.717) is 11.8 Å². The number of aliphatic hydroxyl groups is 1. The third-order valence-corrected chi connectivity index (χ3v) is 5.46. The smallest absolute Gasteiger partial charge is 0.123 e. The zero-order valence-electron chi connectivity index (χ0n) is 13.0. The largest absolute Gasteiger partial charge is 0.496 e. The van der Waals surface area contributed by atoms with Gasteiger partial charge in [-0.05, 0) is 41.5 Å². The zero-order valence-corrected chi connectivity index (χ0v) is 13.0. The first-order valence-electron chi connectivity index (χ1n) is 8.21. The minimum atomic E-state index is -0.0781. The molecule has 116 valence electrons. The highest BCUT2D eigenvalue weighted by molar-refractivity contribution is 5.87. The number of likely N-dealkylation sites (tertiary alicyclic amines) is 1. The Bertz CT molecular complexity index is 670. The molecule has 1 N–H and O–H groups in total. The zero-order chi connectivity index (χ0) is 15.1. The van der Waals surface area contributed by atoms with E-state index in [1.165, 1.54) is 29.2 Å². The predicted octanol–water partition coefficient (Wildman–Crippen LogP) is 3.05. The Balaban J connectivity index is 1.66. The molecular formula is C19H23NO2. The van der Waals surface area contributed by atoms with Crippen LogP contribution in [0.2, 0.25) is 0 Å². The van der Waals surface area contributed by atoms with Crippen molar-refractivity contribution in [3.05, 3.63) is 42.0 Å². The lowest BCUT2D eigenvalue weighted by Crippen LogP contribution is -2.44. The van der Waals surface area contributed by atoms with Gasteiger partial charge < -0.3 is 9.84 Å². The molecule has 2 aromatic rings. The van der Waals surface area contributed by atoms with Crippen LogP contribution < -0.4 is 4.74 Å². The van der Waals surface area contributed by atoms with Gasteiger partial charge in [0.1, 0.15) is 5.75 Å². The van der Waals surface area contributed by atoms with Gasteiger partial charge in [-0.25, -0.2) is 0 Å². The molecule has 0 spiro atoms. The van der Waals surface area contributed by atoms with Crippen molar-refractivity contribution in [2.75, 3.05) is 20.2 Å². The molecule has 2 aliphatic rings. The molecule has 0 radical (unpaired) electrons. The van der Waals surface area contributed by atoms with Crippen LogP contribution in [-0.4, -0.2) is 36.3 Å². The molecule has 1 heterocycles. The van der Waals surface area contributed by atoms with E-state index in [4.69, 9.17) is 4.74 Å². The molecule has 2 bridgehead atoms. The number of benzene rings is 2. The van der Waals surface area contributed by atoms with E-state index in [0.717, 1.165) is 25.4 Å². The molecule has 1 unspecified atom stereocenters. The van der Waals surface area contributed by atoms with Crippen molar-refractivity contribution >= 4 is 10.8 Å². The first-order chi connectivity index (χ1) is 10.8. The monoisotopic (exact) mass is 297 g/mol. The predicted molar refractivity (Wildman–Crippen MR) is 88.0 cm³/mol. The van der Waals surface area contributed by atoms with Gasteiger partial charge in [0.15, 0.2) is 0 Å². The van der Waals surface area contributed by atoms with Crippen LogP contribution in [0.15, 0.2) is 36.4 Å². The summed E-state index contributed by atoms with van der Waals surface area (Å²) in [5, 5.41) is 12.8. The van der Waals surface area contributed by atoms with E-state index in [1.54, 1.807) is 7.11 Å². The number of aliphatic hydroxyl groups excluding tert-OH is 1. The fourth-order valence-corrected chi connectivity index (χ4v) is 4.31. The highest BCUT2D eigenvalue weighted by Crippen LogP contribution is 2.38. The molecule has 3 heteroatoms. The summed E-state index contributed by atoms with van der Waals surface area (Å²) >= 11 is 0. The first-order valence-corrected chi connectivity index (χ1v) is 8.21. The number of piperidine rings is 1. The Kier molecular flexibility index (Phi) is 3.55. The minimum Gasteiger partial charge on any atom is -0.496 e. The number of rotatable bonds is 3. The molecule has 1 saturated carbocycles. The van der Waals surface area contributed by atoms with Gasteiger partial charge in [-0.3, -0.25) is 4.90 Å². The summed E-state index contributed by atoms with van der Waals surface area (Å²) < 4.78 is 5.61. The van der Waals surface area contributed by atoms with E-state index >= 15 is 0 Å². The van der Waals surface area contributed by atoms with Crippen molar-refractivity contribution in [1.82, 2.24) is 4.90 Å². The van der Waals surface area contributed by atoms with E-state index in [1.807, 2.05) is 0 Å². The molecule has 3 atom stereocenters. The van der Waals surface area contributed by atoms with Crippen molar-refractivity contribution in [3.63, 3.8) is 0 Å². The van der Waals surface area contributed by atoms with E-state index in [-0.39, 0.29) is 6.10 Å². The van der Waals surface area contributed by atoms with Gasteiger partial charge in [-0.15, -0.1) is 0 Å². The lowest BCUT2D eigenvalue weighted by Gasteiger charge is -2.35. The number of fused-ring (bicyclic) bond motifs is 3. The molecular weight excluding hydrogens is 274 g/mol. The van der Waals surface area contributed by atoms with Crippen molar-refractivity contribution in [1.29, 1.82) is 0 Å². The van der Waals surface area contributed by atoms with Gasteiger partial charge in [0.25, 0.3) is 0 Å². The Labute approximate surface area is 131 Å². The second-order valence-corrected chi connectivity index (χ2v) is 6.75. The highest BCUT2D eigenvalue weighted by Gasteiger charge is 2.40. The van der Waals surface area contributed by atoms with Crippen LogP contribution in [0.25, 0.3) is 10.8 Å². The van der Waals surface area contributed by atoms with Crippen LogP contribution >= 0.6 is 0 Å². The van der Waals surface area contributed by atoms with Crippen LogP contribution in [0.1, 0.15) is 18.4 Å². The molecule has 2 aromatic carbocycles. The van der Waals surface area contributed by atoms with Gasteiger partial charge >= 0.3 is 0 Å². The summed E-state index contributed by atoms with van der Waals surface area (Å²) in [6.07, 6.45) is 2.27. The van der Waals surface area contributed by atoms with E-state index in [2.05, 4.69) is 41.3 Å². The normalized spacial score (nSPS) is 28.2. The standard InChI is InChI=1S/C19H23NO2/c1-22-18-9-8-13-4-2-3-5-16(13)17(18)12-20-10-14-6-7-15(11-20)19(14)21/h2-5,8-9,14-15,19,21H,6-7,10-12H2,1H3/t14-,15+,19?. The second-order valence-electron chi connectivity index (χ2n) is 6.75. The van der Waals surface area contributed by atoms with Gasteiger partial charge in [-0.1, -0.05) is 30.3 Å². The average molecular weight is 297 g/mol. The van der Waals surface area contributed by atoms with Crippen LogP contribution in [0.4, 0.5) is 0 Å². The topological polar surface area (TPSA) is 32.7 Å². The minimum absolute atomic E-state index is 0.0781. The number of ether oxygens (including phenoxy) is 1. The van der Waals surface area contributed by atoms with Gasteiger partial charge in [0.05, 0.1) is 13.2 Å². The number of hydrogen-bond donors (Lipinski definition) is 1. The van der Waals surface area contributed by atoms with E-state index in [9.17, 15) is 5.11 Å². The molecule has 0 aromatic heterocycles. The summed E-state index contributed by atoms with van der Waals surface area (Å²) in [6.45, 7) is 2.92. The molecule has 3 nitrogen and oxygen atoms in total. The Morgan fingerprint density at radius 3 is 2.55 bits per heavy atom. The Hall–Kier alpha value is -1.58. The first kappa shape index (κ1) is 14.0. The molecule has 1 saturated heterocycles. The Morgan fingerprint density at radius 2 is 1.82 bits per heavy atom. The fraction of sp³-hybridized carbons (Fsp3) is 0.474. The lowest BCUT2D eigenvalue weighted by atomic mass is 9.94. The fourth-order valence-electron chi connectivity index (χ4n) is 4.31. The summed E-state index contributed by atoms with van der Waals surface area (Å²) in [4.78, 5) is 2.50. The van der Waals surface area contributed by atoms with Crippen molar-refractivity contribution in [2.24, 2.45) is 11.8 Å². The van der Waals surface area contributed by atoms with Crippen molar-refractivity contribution < 1.29 is 9.84 Å². The number of methoxy groups -OCH3 is 1. The third kappa shape index (κ3) is 2.29. The molecule has 1 aliphatic carbocycles. The Morgan fingerprint density at radius 1 is 1.09 bits per heavy atom. The maximum absolute atomic E-state index is 10.2. The maximum Gasteiger partial charge on any atom is 0.123 e. The van der Waals surface area contributed by atoms with Crippen LogP contribution in [0.5, 0.6) is 5.75 Å². The van der Waals surface area contributed by atoms with Gasteiger partial charge in [-0.2, -0.15) is 0 Å². The maximum atomic E-state index is 10.2. The van der Waals surface area contributed by atoms with Crippen LogP contribution in [-0.2, 0) is 6.54 Å². The van der Waals surface area contributed by atoms with Crippen molar-refractivity contribution in [2.45, 2.75) is 25.5 Å². The summed E-state index contributed by atoms with van der Waals surface area (Å²) in [7, 11) is 1.75. The SMILES string of the molecule is COc1ccc2ccccc2c1CN1C[C@H]2CC[C@@H](C1)C2O. The van der Waals surface area contributed by atoms with Gasteiger partial charge in [0.2, 0.25) is 0 Å². The summed E-state index contributed by atoms with van der Waals surface area (Å²) in [5.41, 5.74) is 1.27. The van der Waals surface area contributed by atoms with Gasteiger partial charge in [0, 0.05) is 25.2 Å². The molecule has 0 amide bonds. The molecule has 2 fully saturated rings. The van der Waals surface area contributed by atoms with Crippen molar-refractivity contribution in [3.8, 4) is 5.75 Å². The summed E-state index contributed by atoms with van der Waals surface area (Å²) in [5.74, 6) is 1.89. The third-order valence-electron chi connectivity index (χ3n) is 5.46. The average Bonchev–Trinajstić information content (AvgIpc) is 2.76. The molecule has 1 aliphatic heterocycles. The van der Waals surface area contributed by atoms with E-state index < -0.39 is 0 Å². The van der Waals surface area contributed by atoms with Crippen LogP contribution in [0, 0.1) is 11.8 Å². The van der Waals surface area contributed by atoms with Crippen LogP contribution in [0.3, 0.4) is 0 Å². The number of hydrogen-bond acceptors (Lipinski definition) is 3. The molecule has 4 rings (SSSR count). The number of nitrogens with zero attached hydrogens (tertiary/aromatic N) is 1. The second kappa shape index (κ2) is 5.56. The lowest BCUT2D eigenvalue weighted by molar-refractivity contribution is 0.0138.